The van der Waals surface area contributed by atoms with Gasteiger partial charge in [-0.15, -0.1) is 0 Å². The van der Waals surface area contributed by atoms with Crippen molar-refractivity contribution in [1.29, 1.82) is 0 Å². The number of carbonyl (C=O) groups is 3. The van der Waals surface area contributed by atoms with E-state index in [9.17, 15) is 39.9 Å². The molecule has 1 amide bonds. The number of fused-ring (bicyclic) bond motifs is 3. The summed E-state index contributed by atoms with van der Waals surface area (Å²) in [6.07, 6.45) is 0.0938. The highest BCUT2D eigenvalue weighted by Crippen LogP contribution is 2.54. The number of likely N-dealkylation sites (N-methyl/N-ethyl adjacent to an activating group) is 1. The van der Waals surface area contributed by atoms with Crippen molar-refractivity contribution in [2.45, 2.75) is 57.8 Å². The topological polar surface area (TPSA) is 203 Å². The van der Waals surface area contributed by atoms with Gasteiger partial charge in [-0.25, -0.2) is 0 Å². The summed E-state index contributed by atoms with van der Waals surface area (Å²) in [5.41, 5.74) is 2.27. The van der Waals surface area contributed by atoms with Gasteiger partial charge in [0.05, 0.1) is 25.3 Å². The minimum absolute atomic E-state index is 0.0191. The number of ether oxygens (including phenoxy) is 1. The Balaban J connectivity index is 1.87. The van der Waals surface area contributed by atoms with Crippen LogP contribution in [0.1, 0.15) is 43.9 Å². The number of amides is 1. The molecule has 4 rings (SSSR count). The summed E-state index contributed by atoms with van der Waals surface area (Å²) in [6, 6.07) is -0.0315. The number of hydrogen-bond acceptors (Lipinski definition) is 11. The van der Waals surface area contributed by atoms with Crippen LogP contribution in [0.5, 0.6) is 11.5 Å². The van der Waals surface area contributed by atoms with Crippen LogP contribution in [0.2, 0.25) is 0 Å². The lowest BCUT2D eigenvalue weighted by atomic mass is 9.57. The van der Waals surface area contributed by atoms with E-state index < -0.39 is 58.0 Å². The number of rotatable bonds is 7. The molecule has 1 fully saturated rings. The average molecular weight is 574 g/mol. The SMILES string of the molecule is COc1c(CN[C@H](CO)C(C)(C)C)cc(O)c2c1C[C@H]1C[C@H]3[C@H](N(C)C)C(=O)C(C(N)=O)=C(O)[C@@]3(O)C(=O)C1=C2O. The number of aromatic hydroxyl groups is 1. The summed E-state index contributed by atoms with van der Waals surface area (Å²) in [5, 5.41) is 58.2. The van der Waals surface area contributed by atoms with Crippen molar-refractivity contribution < 1.29 is 44.7 Å². The van der Waals surface area contributed by atoms with Crippen molar-refractivity contribution >= 4 is 23.2 Å². The van der Waals surface area contributed by atoms with Crippen LogP contribution >= 0.6 is 0 Å². The molecule has 224 valence electrons. The Hall–Kier alpha value is -3.45. The van der Waals surface area contributed by atoms with Crippen LogP contribution < -0.4 is 15.8 Å². The molecule has 0 aliphatic heterocycles. The summed E-state index contributed by atoms with van der Waals surface area (Å²) >= 11 is 0. The predicted molar refractivity (Wildman–Crippen MR) is 148 cm³/mol. The van der Waals surface area contributed by atoms with Gasteiger partial charge in [-0.05, 0) is 44.3 Å². The number of carbonyl (C=O) groups excluding carboxylic acids is 3. The zero-order valence-corrected chi connectivity index (χ0v) is 24.1. The number of primary amides is 1. The largest absolute Gasteiger partial charge is 0.508 e. The third-order valence-corrected chi connectivity index (χ3v) is 8.72. The van der Waals surface area contributed by atoms with Gasteiger partial charge in [-0.1, -0.05) is 20.8 Å². The summed E-state index contributed by atoms with van der Waals surface area (Å²) in [7, 11) is 4.54. The Morgan fingerprint density at radius 3 is 2.39 bits per heavy atom. The lowest BCUT2D eigenvalue weighted by Crippen LogP contribution is -2.65. The first-order valence-electron chi connectivity index (χ1n) is 13.4. The number of ketones is 2. The maximum Gasteiger partial charge on any atom is 0.255 e. The van der Waals surface area contributed by atoms with Crippen molar-refractivity contribution in [3.8, 4) is 11.5 Å². The highest BCUT2D eigenvalue weighted by atomic mass is 16.5. The van der Waals surface area contributed by atoms with Crippen molar-refractivity contribution in [3.05, 3.63) is 39.7 Å². The zero-order valence-electron chi connectivity index (χ0n) is 24.1. The first kappa shape index (κ1) is 30.5. The molecule has 1 saturated carbocycles. The smallest absolute Gasteiger partial charge is 0.255 e. The molecule has 5 atom stereocenters. The monoisotopic (exact) mass is 573 g/mol. The zero-order chi connectivity index (χ0) is 30.8. The van der Waals surface area contributed by atoms with Crippen molar-refractivity contribution in [3.63, 3.8) is 0 Å². The third kappa shape index (κ3) is 4.58. The van der Waals surface area contributed by atoms with Gasteiger partial charge in [0.2, 0.25) is 5.78 Å². The Morgan fingerprint density at radius 1 is 1.24 bits per heavy atom. The quantitative estimate of drug-likeness (QED) is 0.223. The van der Waals surface area contributed by atoms with E-state index in [1.807, 2.05) is 20.8 Å². The standard InChI is InChI=1S/C29H39N3O9/c1-28(2,3)17(11-33)31-10-13-9-16(34)19-14(24(13)41-6)7-12-8-15-21(32(4)5)23(36)20(27(30)39)26(38)29(15,40)25(37)18(12)22(19)35/h9,12,15,17,21,31,33-35,38,40H,7-8,10-11H2,1-6H3,(H2,30,39)/t12-,15-,17+,21-,29-/m0/s1. The number of aliphatic hydroxyl groups excluding tert-OH is 3. The van der Waals surface area contributed by atoms with E-state index in [0.717, 1.165) is 0 Å². The molecule has 0 aromatic heterocycles. The fourth-order valence-electron chi connectivity index (χ4n) is 6.62. The van der Waals surface area contributed by atoms with Gasteiger partial charge in [-0.3, -0.25) is 19.3 Å². The minimum atomic E-state index is -2.69. The van der Waals surface area contributed by atoms with Crippen molar-refractivity contribution in [2.75, 3.05) is 27.8 Å². The summed E-state index contributed by atoms with van der Waals surface area (Å²) in [5.74, 6) is -6.72. The molecule has 0 heterocycles. The Labute approximate surface area is 238 Å². The average Bonchev–Trinajstić information content (AvgIpc) is 2.85. The van der Waals surface area contributed by atoms with E-state index in [4.69, 9.17) is 10.5 Å². The number of methoxy groups -OCH3 is 1. The summed E-state index contributed by atoms with van der Waals surface area (Å²) in [4.78, 5) is 40.7. The van der Waals surface area contributed by atoms with Crippen LogP contribution in [0.25, 0.3) is 5.76 Å². The number of nitrogens with zero attached hydrogens (tertiary/aromatic N) is 1. The number of Topliss-reactive ketones (excluding diaryl/α,β-unsaturated/α-hetero) is 2. The Bertz CT molecular complexity index is 1370. The molecule has 3 aliphatic rings. The number of phenols is 1. The molecule has 12 nitrogen and oxygen atoms in total. The molecule has 3 aliphatic carbocycles. The number of aliphatic hydroxyl groups is 4. The fourth-order valence-corrected chi connectivity index (χ4v) is 6.62. The van der Waals surface area contributed by atoms with Crippen molar-refractivity contribution in [2.24, 2.45) is 23.0 Å². The van der Waals surface area contributed by atoms with Gasteiger partial charge in [-0.2, -0.15) is 0 Å². The van der Waals surface area contributed by atoms with Crippen LogP contribution in [-0.4, -0.2) is 93.4 Å². The normalized spacial score (nSPS) is 27.0. The second-order valence-corrected chi connectivity index (χ2v) is 12.4. The molecular weight excluding hydrogens is 534 g/mol. The van der Waals surface area contributed by atoms with E-state index in [-0.39, 0.29) is 54.3 Å². The number of benzene rings is 1. The molecule has 0 unspecified atom stereocenters. The molecule has 0 bridgehead atoms. The van der Waals surface area contributed by atoms with Gasteiger partial charge in [0.15, 0.2) is 11.4 Å². The molecule has 41 heavy (non-hydrogen) atoms. The van der Waals surface area contributed by atoms with Crippen LogP contribution in [0, 0.1) is 17.3 Å². The summed E-state index contributed by atoms with van der Waals surface area (Å²) in [6.45, 7) is 6.04. The molecule has 0 spiro atoms. The number of hydrogen-bond donors (Lipinski definition) is 7. The van der Waals surface area contributed by atoms with Gasteiger partial charge in [0.25, 0.3) is 5.91 Å². The first-order valence-corrected chi connectivity index (χ1v) is 13.4. The highest BCUT2D eigenvalue weighted by Gasteiger charge is 2.64. The van der Waals surface area contributed by atoms with Crippen molar-refractivity contribution in [1.82, 2.24) is 10.2 Å². The highest BCUT2D eigenvalue weighted by molar-refractivity contribution is 6.24. The maximum absolute atomic E-state index is 13.9. The molecule has 1 aromatic rings. The van der Waals surface area contributed by atoms with E-state index in [1.54, 1.807) is 14.1 Å². The molecular formula is C29H39N3O9. The number of nitrogens with two attached hydrogens (primary N) is 1. The van der Waals surface area contributed by atoms with Crippen LogP contribution in [0.4, 0.5) is 0 Å². The number of phenolic OH excluding ortho intramolecular Hbond substituents is 1. The fraction of sp³-hybridized carbons (Fsp3) is 0.552. The lowest BCUT2D eigenvalue weighted by molar-refractivity contribution is -0.153. The van der Waals surface area contributed by atoms with Gasteiger partial charge >= 0.3 is 0 Å². The van der Waals surface area contributed by atoms with E-state index >= 15 is 0 Å². The Kier molecular flexibility index (Phi) is 7.76. The number of nitrogens with one attached hydrogen (secondary N) is 1. The van der Waals surface area contributed by atoms with Crippen LogP contribution in [0.3, 0.4) is 0 Å². The van der Waals surface area contributed by atoms with Crippen LogP contribution in [-0.2, 0) is 27.3 Å². The maximum atomic E-state index is 13.9. The van der Waals surface area contributed by atoms with Gasteiger partial charge in [0, 0.05) is 35.2 Å². The summed E-state index contributed by atoms with van der Waals surface area (Å²) < 4.78 is 5.72. The van der Waals surface area contributed by atoms with E-state index in [0.29, 0.717) is 16.9 Å². The van der Waals surface area contributed by atoms with E-state index in [2.05, 4.69) is 5.32 Å². The minimum Gasteiger partial charge on any atom is -0.508 e. The predicted octanol–water partition coefficient (Wildman–Crippen LogP) is 0.469. The third-order valence-electron chi connectivity index (χ3n) is 8.72. The second kappa shape index (κ2) is 10.4. The first-order chi connectivity index (χ1) is 19.0. The van der Waals surface area contributed by atoms with E-state index in [1.165, 1.54) is 18.1 Å². The molecule has 0 radical (unpaired) electrons. The molecule has 0 saturated heterocycles. The lowest BCUT2D eigenvalue weighted by Gasteiger charge is -2.50. The Morgan fingerprint density at radius 2 is 1.88 bits per heavy atom. The molecule has 12 heteroatoms. The second-order valence-electron chi connectivity index (χ2n) is 12.4. The molecule has 1 aromatic carbocycles. The van der Waals surface area contributed by atoms with Gasteiger partial charge in [0.1, 0.15) is 28.6 Å². The van der Waals surface area contributed by atoms with Crippen LogP contribution in [0.15, 0.2) is 23.0 Å². The molecule has 8 N–H and O–H groups in total. The van der Waals surface area contributed by atoms with Gasteiger partial charge < -0.3 is 41.3 Å².